The maximum atomic E-state index is 11.9. The van der Waals surface area contributed by atoms with Gasteiger partial charge in [-0.2, -0.15) is 5.10 Å². The van der Waals surface area contributed by atoms with E-state index in [1.165, 1.54) is 6.21 Å². The molecule has 1 aromatic heterocycles. The van der Waals surface area contributed by atoms with Crippen LogP contribution in [0.1, 0.15) is 21.9 Å². The molecule has 0 aliphatic rings. The van der Waals surface area contributed by atoms with Crippen molar-refractivity contribution in [3.8, 4) is 0 Å². The number of anilines is 1. The quantitative estimate of drug-likeness (QED) is 0.686. The molecule has 20 heavy (non-hydrogen) atoms. The molecule has 0 atom stereocenters. The summed E-state index contributed by atoms with van der Waals surface area (Å²) in [5, 5.41) is 3.87. The topological polar surface area (TPSA) is 57.8 Å². The molecule has 0 spiro atoms. The first-order valence-corrected chi connectivity index (χ1v) is 6.23. The first-order valence-electron chi connectivity index (χ1n) is 6.23. The number of hydrazone groups is 1. The summed E-state index contributed by atoms with van der Waals surface area (Å²) in [6.45, 7) is 1.85. The Morgan fingerprint density at radius 2 is 2.10 bits per heavy atom. The largest absolute Gasteiger partial charge is 0.460 e. The molecule has 0 saturated carbocycles. The summed E-state index contributed by atoms with van der Waals surface area (Å²) in [7, 11) is 3.85. The van der Waals surface area contributed by atoms with E-state index < -0.39 is 0 Å². The molecule has 5 nitrogen and oxygen atoms in total. The second kappa shape index (κ2) is 6.06. The van der Waals surface area contributed by atoms with Crippen molar-refractivity contribution in [3.63, 3.8) is 0 Å². The molecule has 1 aromatic carbocycles. The SMILES string of the molecule is Cc1ccc(/C=N\NC(=O)c2cccc(N(C)C)c2)o1. The number of rotatable bonds is 4. The Hall–Kier alpha value is -2.56. The highest BCUT2D eigenvalue weighted by Gasteiger charge is 2.05. The van der Waals surface area contributed by atoms with Gasteiger partial charge in [-0.3, -0.25) is 4.79 Å². The van der Waals surface area contributed by atoms with Gasteiger partial charge in [0, 0.05) is 25.3 Å². The van der Waals surface area contributed by atoms with E-state index in [1.54, 1.807) is 12.1 Å². The van der Waals surface area contributed by atoms with Crippen molar-refractivity contribution in [2.24, 2.45) is 5.10 Å². The number of nitrogens with zero attached hydrogens (tertiary/aromatic N) is 2. The summed E-state index contributed by atoms with van der Waals surface area (Å²) in [5.74, 6) is 1.15. The van der Waals surface area contributed by atoms with Crippen LogP contribution in [-0.4, -0.2) is 26.2 Å². The van der Waals surface area contributed by atoms with Crippen LogP contribution in [0.2, 0.25) is 0 Å². The van der Waals surface area contributed by atoms with Crippen molar-refractivity contribution >= 4 is 17.8 Å². The number of nitrogens with one attached hydrogen (secondary N) is 1. The number of carbonyl (C=O) groups excluding carboxylic acids is 1. The number of aryl methyl sites for hydroxylation is 1. The lowest BCUT2D eigenvalue weighted by Gasteiger charge is -2.12. The van der Waals surface area contributed by atoms with E-state index in [2.05, 4.69) is 10.5 Å². The summed E-state index contributed by atoms with van der Waals surface area (Å²) in [4.78, 5) is 13.9. The zero-order chi connectivity index (χ0) is 14.5. The van der Waals surface area contributed by atoms with Crippen LogP contribution in [0.5, 0.6) is 0 Å². The number of amides is 1. The van der Waals surface area contributed by atoms with Crippen LogP contribution in [0, 0.1) is 6.92 Å². The average molecular weight is 271 g/mol. The molecular weight excluding hydrogens is 254 g/mol. The van der Waals surface area contributed by atoms with Crippen molar-refractivity contribution in [1.82, 2.24) is 5.43 Å². The van der Waals surface area contributed by atoms with Crippen molar-refractivity contribution in [2.45, 2.75) is 6.92 Å². The van der Waals surface area contributed by atoms with Crippen molar-refractivity contribution in [3.05, 3.63) is 53.5 Å². The van der Waals surface area contributed by atoms with Crippen LogP contribution in [0.15, 0.2) is 45.9 Å². The van der Waals surface area contributed by atoms with E-state index in [0.717, 1.165) is 11.4 Å². The van der Waals surface area contributed by atoms with E-state index in [0.29, 0.717) is 11.3 Å². The van der Waals surface area contributed by atoms with Gasteiger partial charge < -0.3 is 9.32 Å². The fourth-order valence-corrected chi connectivity index (χ4v) is 1.67. The van der Waals surface area contributed by atoms with E-state index in [-0.39, 0.29) is 5.91 Å². The van der Waals surface area contributed by atoms with Crippen LogP contribution in [0.3, 0.4) is 0 Å². The van der Waals surface area contributed by atoms with Crippen molar-refractivity contribution in [2.75, 3.05) is 19.0 Å². The van der Waals surface area contributed by atoms with Gasteiger partial charge in [0.25, 0.3) is 5.91 Å². The van der Waals surface area contributed by atoms with Gasteiger partial charge in [0.15, 0.2) is 0 Å². The van der Waals surface area contributed by atoms with Gasteiger partial charge in [0.2, 0.25) is 0 Å². The van der Waals surface area contributed by atoms with Crippen LogP contribution < -0.4 is 10.3 Å². The Bertz CT molecular complexity index is 630. The Labute approximate surface area is 117 Å². The molecule has 0 saturated heterocycles. The predicted octanol–water partition coefficient (Wildman–Crippen LogP) is 2.42. The Morgan fingerprint density at radius 1 is 1.30 bits per heavy atom. The molecule has 0 aliphatic carbocycles. The average Bonchev–Trinajstić information content (AvgIpc) is 2.84. The standard InChI is InChI=1S/C15H17N3O2/c1-11-7-8-14(20-11)10-16-17-15(19)12-5-4-6-13(9-12)18(2)3/h4-10H,1-3H3,(H,17,19)/b16-10-. The molecule has 0 bridgehead atoms. The highest BCUT2D eigenvalue weighted by molar-refractivity contribution is 5.95. The third-order valence-electron chi connectivity index (χ3n) is 2.74. The highest BCUT2D eigenvalue weighted by Crippen LogP contribution is 2.13. The van der Waals surface area contributed by atoms with Crippen LogP contribution >= 0.6 is 0 Å². The van der Waals surface area contributed by atoms with E-state index >= 15 is 0 Å². The minimum Gasteiger partial charge on any atom is -0.460 e. The van der Waals surface area contributed by atoms with Gasteiger partial charge in [-0.1, -0.05) is 6.07 Å². The van der Waals surface area contributed by atoms with E-state index in [1.807, 2.05) is 50.2 Å². The van der Waals surface area contributed by atoms with Gasteiger partial charge in [-0.25, -0.2) is 5.43 Å². The van der Waals surface area contributed by atoms with E-state index in [9.17, 15) is 4.79 Å². The van der Waals surface area contributed by atoms with Gasteiger partial charge >= 0.3 is 0 Å². The van der Waals surface area contributed by atoms with Gasteiger partial charge in [0.05, 0.1) is 6.21 Å². The molecule has 5 heteroatoms. The smallest absolute Gasteiger partial charge is 0.271 e. The molecule has 0 unspecified atom stereocenters. The normalized spacial score (nSPS) is 10.8. The van der Waals surface area contributed by atoms with Crippen molar-refractivity contribution in [1.29, 1.82) is 0 Å². The van der Waals surface area contributed by atoms with Crippen molar-refractivity contribution < 1.29 is 9.21 Å². The zero-order valence-electron chi connectivity index (χ0n) is 11.8. The van der Waals surface area contributed by atoms with Gasteiger partial charge in [0.1, 0.15) is 11.5 Å². The summed E-state index contributed by atoms with van der Waals surface area (Å²) in [6, 6.07) is 11.0. The molecule has 0 radical (unpaired) electrons. The third kappa shape index (κ3) is 3.47. The number of benzene rings is 1. The lowest BCUT2D eigenvalue weighted by Crippen LogP contribution is -2.18. The maximum Gasteiger partial charge on any atom is 0.271 e. The van der Waals surface area contributed by atoms with E-state index in [4.69, 9.17) is 4.42 Å². The molecule has 1 amide bonds. The molecule has 1 heterocycles. The second-order valence-electron chi connectivity index (χ2n) is 4.59. The van der Waals surface area contributed by atoms with Crippen LogP contribution in [0.4, 0.5) is 5.69 Å². The van der Waals surface area contributed by atoms with Crippen LogP contribution in [-0.2, 0) is 0 Å². The summed E-state index contributed by atoms with van der Waals surface area (Å²) in [5.41, 5.74) is 4.00. The first-order chi connectivity index (χ1) is 9.56. The Morgan fingerprint density at radius 3 is 2.75 bits per heavy atom. The number of hydrogen-bond acceptors (Lipinski definition) is 4. The summed E-state index contributed by atoms with van der Waals surface area (Å²) in [6.07, 6.45) is 1.47. The number of hydrogen-bond donors (Lipinski definition) is 1. The van der Waals surface area contributed by atoms with Gasteiger partial charge in [-0.05, 0) is 37.3 Å². The monoisotopic (exact) mass is 271 g/mol. The molecular formula is C15H17N3O2. The van der Waals surface area contributed by atoms with Crippen LogP contribution in [0.25, 0.3) is 0 Å². The highest BCUT2D eigenvalue weighted by atomic mass is 16.3. The Kier molecular flexibility index (Phi) is 4.20. The number of carbonyl (C=O) groups is 1. The maximum absolute atomic E-state index is 11.9. The summed E-state index contributed by atoms with van der Waals surface area (Å²) < 4.78 is 5.31. The second-order valence-corrected chi connectivity index (χ2v) is 4.59. The lowest BCUT2D eigenvalue weighted by molar-refractivity contribution is 0.0955. The molecule has 2 aromatic rings. The third-order valence-corrected chi connectivity index (χ3v) is 2.74. The Balaban J connectivity index is 2.01. The fourth-order valence-electron chi connectivity index (χ4n) is 1.67. The number of furan rings is 1. The fraction of sp³-hybridized carbons (Fsp3) is 0.200. The van der Waals surface area contributed by atoms with Gasteiger partial charge in [-0.15, -0.1) is 0 Å². The lowest BCUT2D eigenvalue weighted by atomic mass is 10.2. The summed E-state index contributed by atoms with van der Waals surface area (Å²) >= 11 is 0. The minimum atomic E-state index is -0.256. The molecule has 1 N–H and O–H groups in total. The zero-order valence-corrected chi connectivity index (χ0v) is 11.8. The molecule has 0 fully saturated rings. The molecule has 2 rings (SSSR count). The molecule has 0 aliphatic heterocycles. The predicted molar refractivity (Wildman–Crippen MR) is 79.3 cm³/mol. The first kappa shape index (κ1) is 13.9. The minimum absolute atomic E-state index is 0.256. The molecule has 104 valence electrons.